The van der Waals surface area contributed by atoms with Gasteiger partial charge in [-0.15, -0.1) is 0 Å². The number of ketones is 1. The molecule has 2 heteroatoms. The van der Waals surface area contributed by atoms with Crippen molar-refractivity contribution in [2.45, 2.75) is 19.8 Å². The maximum absolute atomic E-state index is 12.7. The van der Waals surface area contributed by atoms with Gasteiger partial charge in [-0.05, 0) is 43.0 Å². The molecule has 0 bridgehead atoms. The Labute approximate surface area is 149 Å². The first-order chi connectivity index (χ1) is 12.2. The number of hydrogen-bond donors (Lipinski definition) is 0. The Bertz CT molecular complexity index is 835. The maximum Gasteiger partial charge on any atom is 0.192 e. The fourth-order valence-corrected chi connectivity index (χ4v) is 2.83. The summed E-state index contributed by atoms with van der Waals surface area (Å²) >= 11 is 0. The Morgan fingerprint density at radius 1 is 0.880 bits per heavy atom. The normalized spacial score (nSPS) is 17.5. The molecule has 0 aliphatic heterocycles. The molecule has 2 nitrogen and oxygen atoms in total. The number of allylic oxidation sites excluding steroid dienone is 6. The quantitative estimate of drug-likeness (QED) is 0.687. The van der Waals surface area contributed by atoms with Crippen molar-refractivity contribution in [2.24, 2.45) is 0 Å². The van der Waals surface area contributed by atoms with Crippen LogP contribution in [0.2, 0.25) is 0 Å². The highest BCUT2D eigenvalue weighted by Crippen LogP contribution is 2.24. The minimum Gasteiger partial charge on any atom is -0.497 e. The molecule has 0 heterocycles. The Morgan fingerprint density at radius 2 is 1.56 bits per heavy atom. The minimum absolute atomic E-state index is 0.0761. The van der Waals surface area contributed by atoms with E-state index in [1.807, 2.05) is 73.7 Å². The van der Waals surface area contributed by atoms with Crippen molar-refractivity contribution in [3.8, 4) is 5.75 Å². The van der Waals surface area contributed by atoms with Gasteiger partial charge >= 0.3 is 0 Å². The lowest BCUT2D eigenvalue weighted by atomic mass is 9.96. The van der Waals surface area contributed by atoms with E-state index < -0.39 is 0 Å². The van der Waals surface area contributed by atoms with Gasteiger partial charge in [0, 0.05) is 11.1 Å². The highest BCUT2D eigenvalue weighted by molar-refractivity contribution is 6.10. The zero-order chi connectivity index (χ0) is 17.6. The highest BCUT2D eigenvalue weighted by Gasteiger charge is 2.11. The molecule has 0 saturated carbocycles. The van der Waals surface area contributed by atoms with Crippen LogP contribution in [0.25, 0.3) is 5.57 Å². The summed E-state index contributed by atoms with van der Waals surface area (Å²) < 4.78 is 5.22. The molecule has 0 N–H and O–H groups in total. The smallest absolute Gasteiger partial charge is 0.192 e. The fraction of sp³-hybridized carbons (Fsp3) is 0.174. The van der Waals surface area contributed by atoms with Gasteiger partial charge in [0.05, 0.1) is 7.11 Å². The van der Waals surface area contributed by atoms with Crippen molar-refractivity contribution in [1.82, 2.24) is 0 Å². The molecule has 0 saturated heterocycles. The number of Topliss-reactive ketones (excluding diaryl/α,β-unsaturated/α-hetero) is 1. The van der Waals surface area contributed by atoms with Gasteiger partial charge in [0.2, 0.25) is 0 Å². The van der Waals surface area contributed by atoms with Crippen LogP contribution in [0.4, 0.5) is 0 Å². The van der Waals surface area contributed by atoms with Crippen LogP contribution in [-0.4, -0.2) is 12.9 Å². The third kappa shape index (κ3) is 4.16. The number of carbonyl (C=O) groups is 1. The van der Waals surface area contributed by atoms with Crippen LogP contribution in [0, 0.1) is 6.92 Å². The van der Waals surface area contributed by atoms with E-state index in [1.165, 1.54) is 0 Å². The molecule has 0 fully saturated rings. The summed E-state index contributed by atoms with van der Waals surface area (Å²) in [6.07, 6.45) is 9.96. The number of aryl methyl sites for hydroxylation is 1. The average molecular weight is 330 g/mol. The van der Waals surface area contributed by atoms with Gasteiger partial charge in [-0.2, -0.15) is 0 Å². The standard InChI is InChI=1S/C23H22O2/c1-17-7-9-21(10-8-17)23(24)20-6-4-3-5-18(11-12-20)19-13-15-22(25-2)16-14-19/h5-16H,3-4H2,1-2H3/b12-11-,18-5?,20-6+. The monoisotopic (exact) mass is 330 g/mol. The van der Waals surface area contributed by atoms with Crippen LogP contribution < -0.4 is 4.74 Å². The number of carbonyl (C=O) groups excluding carboxylic acids is 1. The summed E-state index contributed by atoms with van der Waals surface area (Å²) in [7, 11) is 1.66. The van der Waals surface area contributed by atoms with Crippen LogP contribution in [0.1, 0.15) is 34.3 Å². The minimum atomic E-state index is 0.0761. The predicted octanol–water partition coefficient (Wildman–Crippen LogP) is 5.55. The van der Waals surface area contributed by atoms with Crippen LogP contribution in [0.3, 0.4) is 0 Å². The molecule has 0 unspecified atom stereocenters. The van der Waals surface area contributed by atoms with Gasteiger partial charge in [-0.3, -0.25) is 4.79 Å². The second-order valence-corrected chi connectivity index (χ2v) is 6.15. The Balaban J connectivity index is 1.83. The maximum atomic E-state index is 12.7. The van der Waals surface area contributed by atoms with Crippen LogP contribution in [0.5, 0.6) is 5.75 Å². The number of methoxy groups -OCH3 is 1. The van der Waals surface area contributed by atoms with E-state index in [1.54, 1.807) is 7.11 Å². The molecule has 2 aromatic rings. The number of benzene rings is 2. The van der Waals surface area contributed by atoms with E-state index in [4.69, 9.17) is 4.74 Å². The number of rotatable bonds is 4. The second kappa shape index (κ2) is 7.80. The van der Waals surface area contributed by atoms with Crippen molar-refractivity contribution in [3.05, 3.63) is 95.1 Å². The topological polar surface area (TPSA) is 26.3 Å². The lowest BCUT2D eigenvalue weighted by molar-refractivity contribution is 0.103. The van der Waals surface area contributed by atoms with Crippen molar-refractivity contribution in [1.29, 1.82) is 0 Å². The SMILES string of the molecule is COc1ccc(C2=CCC/C=C(C(=O)c3ccc(C)cc3)\C=C/2)cc1. The largest absolute Gasteiger partial charge is 0.497 e. The van der Waals surface area contributed by atoms with Gasteiger partial charge in [0.15, 0.2) is 5.78 Å². The van der Waals surface area contributed by atoms with E-state index in [0.717, 1.165) is 46.4 Å². The van der Waals surface area contributed by atoms with Crippen molar-refractivity contribution in [2.75, 3.05) is 7.11 Å². The molecule has 0 amide bonds. The Hall–Kier alpha value is -2.87. The van der Waals surface area contributed by atoms with Crippen molar-refractivity contribution < 1.29 is 9.53 Å². The summed E-state index contributed by atoms with van der Waals surface area (Å²) in [6, 6.07) is 15.7. The highest BCUT2D eigenvalue weighted by atomic mass is 16.5. The first-order valence-corrected chi connectivity index (χ1v) is 8.51. The lowest BCUT2D eigenvalue weighted by Gasteiger charge is -2.09. The first-order valence-electron chi connectivity index (χ1n) is 8.51. The van der Waals surface area contributed by atoms with E-state index in [9.17, 15) is 4.79 Å². The number of ether oxygens (including phenoxy) is 1. The summed E-state index contributed by atoms with van der Waals surface area (Å²) in [5, 5.41) is 0. The molecule has 1 aliphatic carbocycles. The molecule has 126 valence electrons. The molecular weight excluding hydrogens is 308 g/mol. The molecule has 0 aromatic heterocycles. The molecule has 3 rings (SSSR count). The van der Waals surface area contributed by atoms with Gasteiger partial charge in [-0.1, -0.05) is 66.3 Å². The zero-order valence-corrected chi connectivity index (χ0v) is 14.7. The van der Waals surface area contributed by atoms with Gasteiger partial charge < -0.3 is 4.74 Å². The van der Waals surface area contributed by atoms with E-state index >= 15 is 0 Å². The molecule has 0 atom stereocenters. The van der Waals surface area contributed by atoms with Gasteiger partial charge in [0.1, 0.15) is 5.75 Å². The molecule has 25 heavy (non-hydrogen) atoms. The summed E-state index contributed by atoms with van der Waals surface area (Å²) in [5.74, 6) is 0.918. The van der Waals surface area contributed by atoms with Gasteiger partial charge in [0.25, 0.3) is 0 Å². The molecule has 1 aliphatic rings. The first kappa shape index (κ1) is 17.0. The summed E-state index contributed by atoms with van der Waals surface area (Å²) in [4.78, 5) is 12.7. The molecule has 0 radical (unpaired) electrons. The molecule has 2 aromatic carbocycles. The van der Waals surface area contributed by atoms with E-state index in [2.05, 4.69) is 6.08 Å². The zero-order valence-electron chi connectivity index (χ0n) is 14.7. The van der Waals surface area contributed by atoms with E-state index in [-0.39, 0.29) is 5.78 Å². The van der Waals surface area contributed by atoms with Crippen LogP contribution >= 0.6 is 0 Å². The van der Waals surface area contributed by atoms with Gasteiger partial charge in [-0.25, -0.2) is 0 Å². The predicted molar refractivity (Wildman–Crippen MR) is 103 cm³/mol. The second-order valence-electron chi connectivity index (χ2n) is 6.15. The number of hydrogen-bond acceptors (Lipinski definition) is 2. The molecule has 0 spiro atoms. The lowest BCUT2D eigenvalue weighted by Crippen LogP contribution is -2.02. The van der Waals surface area contributed by atoms with E-state index in [0.29, 0.717) is 0 Å². The Morgan fingerprint density at radius 3 is 2.24 bits per heavy atom. The fourth-order valence-electron chi connectivity index (χ4n) is 2.83. The van der Waals surface area contributed by atoms with Crippen molar-refractivity contribution in [3.63, 3.8) is 0 Å². The van der Waals surface area contributed by atoms with Crippen molar-refractivity contribution >= 4 is 11.4 Å². The summed E-state index contributed by atoms with van der Waals surface area (Å²) in [6.45, 7) is 2.02. The third-order valence-corrected chi connectivity index (χ3v) is 4.34. The van der Waals surface area contributed by atoms with Crippen LogP contribution in [-0.2, 0) is 0 Å². The van der Waals surface area contributed by atoms with Crippen LogP contribution in [0.15, 0.2) is 78.4 Å². The molecular formula is C23H22O2. The average Bonchev–Trinajstić information content (AvgIpc) is 2.62. The summed E-state index contributed by atoms with van der Waals surface area (Å²) in [5.41, 5.74) is 4.90. The Kier molecular flexibility index (Phi) is 5.30. The third-order valence-electron chi connectivity index (χ3n) is 4.34.